The highest BCUT2D eigenvalue weighted by molar-refractivity contribution is 6.03. The van der Waals surface area contributed by atoms with E-state index in [9.17, 15) is 18.0 Å². The van der Waals surface area contributed by atoms with E-state index in [1.54, 1.807) is 31.4 Å². The van der Waals surface area contributed by atoms with Gasteiger partial charge in [-0.05, 0) is 30.3 Å². The van der Waals surface area contributed by atoms with Crippen LogP contribution in [0.25, 0.3) is 0 Å². The second-order valence-electron chi connectivity index (χ2n) is 5.75. The van der Waals surface area contributed by atoms with Gasteiger partial charge in [-0.2, -0.15) is 4.39 Å². The largest absolute Gasteiger partial charge is 0.497 e. The Kier molecular flexibility index (Phi) is 6.63. The molecule has 0 bridgehead atoms. The predicted octanol–water partition coefficient (Wildman–Crippen LogP) is 3.82. The molecule has 0 saturated heterocycles. The zero-order valence-electron chi connectivity index (χ0n) is 15.6. The summed E-state index contributed by atoms with van der Waals surface area (Å²) >= 11 is 0. The summed E-state index contributed by atoms with van der Waals surface area (Å²) in [6.45, 7) is 0. The van der Waals surface area contributed by atoms with Crippen molar-refractivity contribution in [1.29, 1.82) is 0 Å². The Labute approximate surface area is 169 Å². The van der Waals surface area contributed by atoms with Crippen molar-refractivity contribution in [3.63, 3.8) is 0 Å². The quantitative estimate of drug-likeness (QED) is 0.573. The molecule has 2 heterocycles. The average molecular weight is 419 g/mol. The second kappa shape index (κ2) is 9.54. The molecule has 156 valence electrons. The van der Waals surface area contributed by atoms with Crippen LogP contribution in [0.15, 0.2) is 55.0 Å². The number of hydrogen-bond donors (Lipinski definition) is 2. The van der Waals surface area contributed by atoms with Gasteiger partial charge in [0.1, 0.15) is 22.9 Å². The summed E-state index contributed by atoms with van der Waals surface area (Å²) in [6.07, 6.45) is -2.46. The molecule has 11 heteroatoms. The highest BCUT2D eigenvalue weighted by atomic mass is 19.3. The van der Waals surface area contributed by atoms with Crippen molar-refractivity contribution in [2.45, 2.75) is 12.8 Å². The van der Waals surface area contributed by atoms with E-state index in [2.05, 4.69) is 30.3 Å². The van der Waals surface area contributed by atoms with Crippen LogP contribution < -0.4 is 20.1 Å². The molecule has 8 nitrogen and oxygen atoms in total. The lowest BCUT2D eigenvalue weighted by molar-refractivity contribution is -0.0665. The lowest BCUT2D eigenvalue weighted by Crippen LogP contribution is -2.21. The Balaban J connectivity index is 1.73. The standard InChI is InChI=1S/C19H16F3N5O3/c1-29-12-4-2-11(3-5-12)25-19-24-9-6-13(27-19)18(28)26-14-10-23-8-7-15(14)30-17(22)16(20)21/h2-10,16-17H,1H3,(H,26,28)(H,24,25,27). The number of aromatic nitrogens is 3. The maximum absolute atomic E-state index is 13.2. The van der Waals surface area contributed by atoms with Crippen molar-refractivity contribution >= 4 is 23.2 Å². The molecule has 1 atom stereocenters. The van der Waals surface area contributed by atoms with E-state index in [0.717, 1.165) is 12.3 Å². The molecule has 0 radical (unpaired) electrons. The summed E-state index contributed by atoms with van der Waals surface area (Å²) in [5, 5.41) is 5.34. The van der Waals surface area contributed by atoms with Crippen LogP contribution in [-0.2, 0) is 0 Å². The molecule has 1 aromatic carbocycles. The van der Waals surface area contributed by atoms with E-state index in [0.29, 0.717) is 11.4 Å². The summed E-state index contributed by atoms with van der Waals surface area (Å²) in [7, 11) is 1.55. The number of pyridine rings is 1. The molecule has 0 aliphatic heterocycles. The summed E-state index contributed by atoms with van der Waals surface area (Å²) in [5.41, 5.74) is 0.549. The molecule has 30 heavy (non-hydrogen) atoms. The summed E-state index contributed by atoms with van der Waals surface area (Å²) < 4.78 is 47.6. The van der Waals surface area contributed by atoms with Crippen LogP contribution in [0.3, 0.4) is 0 Å². The first-order chi connectivity index (χ1) is 14.5. The van der Waals surface area contributed by atoms with Gasteiger partial charge in [0.2, 0.25) is 5.95 Å². The Hall–Kier alpha value is -3.89. The summed E-state index contributed by atoms with van der Waals surface area (Å²) in [6, 6.07) is 9.46. The summed E-state index contributed by atoms with van der Waals surface area (Å²) in [4.78, 5) is 24.4. The number of amides is 1. The van der Waals surface area contributed by atoms with Gasteiger partial charge in [0.05, 0.1) is 13.3 Å². The molecule has 2 aromatic heterocycles. The number of nitrogens with zero attached hydrogens (tertiary/aromatic N) is 3. The van der Waals surface area contributed by atoms with E-state index in [1.807, 2.05) is 0 Å². The van der Waals surface area contributed by atoms with Crippen molar-refractivity contribution in [3.8, 4) is 11.5 Å². The van der Waals surface area contributed by atoms with E-state index in [1.165, 1.54) is 18.5 Å². The molecule has 0 saturated carbocycles. The van der Waals surface area contributed by atoms with Gasteiger partial charge in [-0.3, -0.25) is 9.78 Å². The molecule has 3 rings (SSSR count). The number of halogens is 3. The fraction of sp³-hybridized carbons (Fsp3) is 0.158. The first kappa shape index (κ1) is 20.8. The minimum Gasteiger partial charge on any atom is -0.497 e. The third-order valence-corrected chi connectivity index (χ3v) is 3.70. The van der Waals surface area contributed by atoms with Crippen LogP contribution in [0.2, 0.25) is 0 Å². The van der Waals surface area contributed by atoms with Gasteiger partial charge in [0.25, 0.3) is 12.3 Å². The lowest BCUT2D eigenvalue weighted by Gasteiger charge is -2.14. The molecular formula is C19H16F3N5O3. The zero-order valence-corrected chi connectivity index (χ0v) is 15.6. The highest BCUT2D eigenvalue weighted by Gasteiger charge is 2.23. The van der Waals surface area contributed by atoms with Crippen molar-refractivity contribution in [2.75, 3.05) is 17.7 Å². The number of carbonyl (C=O) groups is 1. The number of alkyl halides is 3. The average Bonchev–Trinajstić information content (AvgIpc) is 2.75. The molecule has 1 unspecified atom stereocenters. The van der Waals surface area contributed by atoms with Gasteiger partial charge >= 0.3 is 6.43 Å². The minimum absolute atomic E-state index is 0.0264. The highest BCUT2D eigenvalue weighted by Crippen LogP contribution is 2.26. The van der Waals surface area contributed by atoms with Crippen LogP contribution in [0.1, 0.15) is 10.5 Å². The van der Waals surface area contributed by atoms with Gasteiger partial charge < -0.3 is 20.1 Å². The number of benzene rings is 1. The fourth-order valence-corrected chi connectivity index (χ4v) is 2.29. The monoisotopic (exact) mass is 419 g/mol. The molecule has 3 aromatic rings. The number of ether oxygens (including phenoxy) is 2. The van der Waals surface area contributed by atoms with Crippen LogP contribution >= 0.6 is 0 Å². The normalized spacial score (nSPS) is 11.6. The number of hydrogen-bond acceptors (Lipinski definition) is 7. The topological polar surface area (TPSA) is 98.3 Å². The number of methoxy groups -OCH3 is 1. The Morgan fingerprint density at radius 1 is 1.07 bits per heavy atom. The molecule has 0 aliphatic carbocycles. The van der Waals surface area contributed by atoms with Crippen LogP contribution in [0.4, 0.5) is 30.5 Å². The molecule has 0 aliphatic rings. The summed E-state index contributed by atoms with van der Waals surface area (Å²) in [5.74, 6) is -0.166. The number of anilines is 3. The number of nitrogens with one attached hydrogen (secondary N) is 2. The van der Waals surface area contributed by atoms with Gasteiger partial charge in [-0.15, -0.1) is 0 Å². The Morgan fingerprint density at radius 3 is 2.53 bits per heavy atom. The zero-order chi connectivity index (χ0) is 21.5. The second-order valence-corrected chi connectivity index (χ2v) is 5.75. The molecular weight excluding hydrogens is 403 g/mol. The minimum atomic E-state index is -3.34. The van der Waals surface area contributed by atoms with Gasteiger partial charge in [-0.1, -0.05) is 0 Å². The van der Waals surface area contributed by atoms with Crippen LogP contribution in [-0.4, -0.2) is 40.8 Å². The smallest absolute Gasteiger partial charge is 0.304 e. The molecule has 2 N–H and O–H groups in total. The molecule has 0 spiro atoms. The van der Waals surface area contributed by atoms with Gasteiger partial charge in [0.15, 0.2) is 0 Å². The van der Waals surface area contributed by atoms with Crippen molar-refractivity contribution in [2.24, 2.45) is 0 Å². The van der Waals surface area contributed by atoms with Gasteiger partial charge in [0, 0.05) is 24.1 Å². The van der Waals surface area contributed by atoms with Crippen molar-refractivity contribution in [3.05, 3.63) is 60.7 Å². The maximum Gasteiger partial charge on any atom is 0.304 e. The van der Waals surface area contributed by atoms with E-state index >= 15 is 0 Å². The maximum atomic E-state index is 13.2. The fourth-order valence-electron chi connectivity index (χ4n) is 2.29. The molecule has 0 fully saturated rings. The predicted molar refractivity (Wildman–Crippen MR) is 102 cm³/mol. The van der Waals surface area contributed by atoms with E-state index in [-0.39, 0.29) is 23.1 Å². The third-order valence-electron chi connectivity index (χ3n) is 3.70. The van der Waals surface area contributed by atoms with E-state index < -0.39 is 18.7 Å². The lowest BCUT2D eigenvalue weighted by atomic mass is 10.3. The van der Waals surface area contributed by atoms with Crippen LogP contribution in [0, 0.1) is 0 Å². The number of carbonyl (C=O) groups excluding carboxylic acids is 1. The first-order valence-electron chi connectivity index (χ1n) is 8.54. The SMILES string of the molecule is COc1ccc(Nc2nccc(C(=O)Nc3cnccc3OC(F)C(F)F)n2)cc1. The van der Waals surface area contributed by atoms with Crippen LogP contribution in [0.5, 0.6) is 11.5 Å². The Morgan fingerprint density at radius 2 is 1.83 bits per heavy atom. The third kappa shape index (κ3) is 5.34. The molecule has 1 amide bonds. The first-order valence-corrected chi connectivity index (χ1v) is 8.54. The Bertz CT molecular complexity index is 1000. The van der Waals surface area contributed by atoms with Crippen molar-refractivity contribution in [1.82, 2.24) is 15.0 Å². The van der Waals surface area contributed by atoms with E-state index in [4.69, 9.17) is 4.74 Å². The number of rotatable bonds is 8. The van der Waals surface area contributed by atoms with Gasteiger partial charge in [-0.25, -0.2) is 18.7 Å². The van der Waals surface area contributed by atoms with Crippen molar-refractivity contribution < 1.29 is 27.4 Å².